The molecule has 4 heteroatoms. The van der Waals surface area contributed by atoms with E-state index in [2.05, 4.69) is 4.98 Å². The fraction of sp³-hybridized carbons (Fsp3) is 0.368. The Bertz CT molecular complexity index is 688. The van der Waals surface area contributed by atoms with Crippen LogP contribution in [0.1, 0.15) is 43.1 Å². The predicted octanol–water partition coefficient (Wildman–Crippen LogP) is 4.28. The molecular formula is C19H21NO3. The number of ether oxygens (including phenoxy) is 2. The number of hydrogen-bond donors (Lipinski definition) is 0. The largest absolute Gasteiger partial charge is 0.493 e. The maximum absolute atomic E-state index is 11.3. The second-order valence-electron chi connectivity index (χ2n) is 5.88. The quantitative estimate of drug-likeness (QED) is 0.773. The van der Waals surface area contributed by atoms with Crippen molar-refractivity contribution in [3.05, 3.63) is 42.2 Å². The minimum absolute atomic E-state index is 0.0310. The van der Waals surface area contributed by atoms with Gasteiger partial charge in [0.15, 0.2) is 17.3 Å². The van der Waals surface area contributed by atoms with Crippen LogP contribution >= 0.6 is 0 Å². The van der Waals surface area contributed by atoms with E-state index in [0.29, 0.717) is 5.69 Å². The van der Waals surface area contributed by atoms with Crippen molar-refractivity contribution in [3.8, 4) is 22.6 Å². The molecular weight excluding hydrogens is 290 g/mol. The third kappa shape index (κ3) is 3.52. The van der Waals surface area contributed by atoms with E-state index in [-0.39, 0.29) is 11.9 Å². The zero-order valence-corrected chi connectivity index (χ0v) is 13.5. The predicted molar refractivity (Wildman–Crippen MR) is 89.1 cm³/mol. The molecule has 0 N–H and O–H groups in total. The Labute approximate surface area is 136 Å². The number of nitrogens with zero attached hydrogens (tertiary/aromatic N) is 1. The van der Waals surface area contributed by atoms with Crippen molar-refractivity contribution < 1.29 is 14.3 Å². The number of hydrogen-bond acceptors (Lipinski definition) is 4. The Kier molecular flexibility index (Phi) is 4.60. The van der Waals surface area contributed by atoms with E-state index in [0.717, 1.165) is 35.5 Å². The van der Waals surface area contributed by atoms with Gasteiger partial charge in [-0.1, -0.05) is 12.1 Å². The monoisotopic (exact) mass is 311 g/mol. The Balaban J connectivity index is 1.88. The van der Waals surface area contributed by atoms with E-state index in [4.69, 9.17) is 9.47 Å². The van der Waals surface area contributed by atoms with Crippen molar-refractivity contribution in [2.75, 3.05) is 7.11 Å². The first-order chi connectivity index (χ1) is 11.2. The van der Waals surface area contributed by atoms with Gasteiger partial charge >= 0.3 is 0 Å². The van der Waals surface area contributed by atoms with E-state index < -0.39 is 0 Å². The molecule has 1 saturated carbocycles. The molecule has 2 aromatic rings. The van der Waals surface area contributed by atoms with Crippen molar-refractivity contribution in [2.45, 2.75) is 38.7 Å². The molecule has 0 unspecified atom stereocenters. The van der Waals surface area contributed by atoms with Gasteiger partial charge in [0.25, 0.3) is 0 Å². The molecule has 0 amide bonds. The summed E-state index contributed by atoms with van der Waals surface area (Å²) < 4.78 is 11.5. The Morgan fingerprint density at radius 2 is 1.83 bits per heavy atom. The summed E-state index contributed by atoms with van der Waals surface area (Å²) in [6, 6.07) is 9.54. The zero-order valence-electron chi connectivity index (χ0n) is 13.5. The summed E-state index contributed by atoms with van der Waals surface area (Å²) in [4.78, 5) is 15.5. The molecule has 120 valence electrons. The van der Waals surface area contributed by atoms with E-state index in [1.54, 1.807) is 19.4 Å². The molecule has 0 radical (unpaired) electrons. The smallest absolute Gasteiger partial charge is 0.178 e. The fourth-order valence-corrected chi connectivity index (χ4v) is 2.91. The lowest BCUT2D eigenvalue weighted by molar-refractivity contribution is 0.101. The van der Waals surface area contributed by atoms with Gasteiger partial charge in [-0.25, -0.2) is 0 Å². The molecule has 0 bridgehead atoms. The molecule has 0 aliphatic heterocycles. The van der Waals surface area contributed by atoms with Crippen LogP contribution in [0.5, 0.6) is 11.5 Å². The van der Waals surface area contributed by atoms with Crippen LogP contribution in [0.15, 0.2) is 36.5 Å². The zero-order chi connectivity index (χ0) is 16.2. The summed E-state index contributed by atoms with van der Waals surface area (Å²) in [5.41, 5.74) is 2.43. The van der Waals surface area contributed by atoms with Crippen LogP contribution in [-0.4, -0.2) is 24.0 Å². The van der Waals surface area contributed by atoms with Crippen LogP contribution in [0.2, 0.25) is 0 Å². The molecule has 0 atom stereocenters. The van der Waals surface area contributed by atoms with E-state index in [1.165, 1.54) is 19.8 Å². The maximum Gasteiger partial charge on any atom is 0.178 e. The summed E-state index contributed by atoms with van der Waals surface area (Å²) in [7, 11) is 1.65. The van der Waals surface area contributed by atoms with Gasteiger partial charge in [0, 0.05) is 18.7 Å². The molecule has 1 fully saturated rings. The summed E-state index contributed by atoms with van der Waals surface area (Å²) >= 11 is 0. The molecule has 0 spiro atoms. The van der Waals surface area contributed by atoms with Crippen LogP contribution in [0, 0.1) is 0 Å². The Morgan fingerprint density at radius 1 is 1.09 bits per heavy atom. The van der Waals surface area contributed by atoms with E-state index in [9.17, 15) is 4.79 Å². The number of aromatic nitrogens is 1. The minimum atomic E-state index is -0.0310. The average molecular weight is 311 g/mol. The summed E-state index contributed by atoms with van der Waals surface area (Å²) in [5, 5.41) is 0. The van der Waals surface area contributed by atoms with Gasteiger partial charge in [-0.05, 0) is 49.4 Å². The van der Waals surface area contributed by atoms with Crippen molar-refractivity contribution in [1.82, 2.24) is 4.98 Å². The third-order valence-corrected chi connectivity index (χ3v) is 4.22. The van der Waals surface area contributed by atoms with Crippen LogP contribution in [-0.2, 0) is 0 Å². The lowest BCUT2D eigenvalue weighted by Gasteiger charge is -2.17. The van der Waals surface area contributed by atoms with Crippen molar-refractivity contribution >= 4 is 5.78 Å². The van der Waals surface area contributed by atoms with Gasteiger partial charge in [-0.2, -0.15) is 0 Å². The number of benzene rings is 1. The lowest BCUT2D eigenvalue weighted by atomic mass is 10.1. The first-order valence-electron chi connectivity index (χ1n) is 7.99. The summed E-state index contributed by atoms with van der Waals surface area (Å²) in [5.74, 6) is 1.48. The number of carbonyl (C=O) groups excluding carboxylic acids is 1. The molecule has 1 heterocycles. The highest BCUT2D eigenvalue weighted by Crippen LogP contribution is 2.35. The highest BCUT2D eigenvalue weighted by molar-refractivity contribution is 5.92. The Hall–Kier alpha value is -2.36. The molecule has 1 aliphatic carbocycles. The van der Waals surface area contributed by atoms with Gasteiger partial charge in [0.2, 0.25) is 0 Å². The molecule has 1 aromatic heterocycles. The fourth-order valence-electron chi connectivity index (χ4n) is 2.91. The molecule has 4 nitrogen and oxygen atoms in total. The van der Waals surface area contributed by atoms with E-state index >= 15 is 0 Å². The van der Waals surface area contributed by atoms with Crippen LogP contribution < -0.4 is 9.47 Å². The summed E-state index contributed by atoms with van der Waals surface area (Å²) in [6.45, 7) is 1.52. The van der Waals surface area contributed by atoms with Gasteiger partial charge in [0.05, 0.1) is 13.2 Å². The van der Waals surface area contributed by atoms with Crippen molar-refractivity contribution in [3.63, 3.8) is 0 Å². The van der Waals surface area contributed by atoms with Crippen LogP contribution in [0.25, 0.3) is 11.1 Å². The number of rotatable bonds is 5. The van der Waals surface area contributed by atoms with Crippen LogP contribution in [0.3, 0.4) is 0 Å². The molecule has 0 saturated heterocycles. The van der Waals surface area contributed by atoms with Gasteiger partial charge in [-0.15, -0.1) is 0 Å². The van der Waals surface area contributed by atoms with Crippen molar-refractivity contribution in [1.29, 1.82) is 0 Å². The second-order valence-corrected chi connectivity index (χ2v) is 5.88. The highest BCUT2D eigenvalue weighted by Gasteiger charge is 2.19. The average Bonchev–Trinajstić information content (AvgIpc) is 3.08. The van der Waals surface area contributed by atoms with Gasteiger partial charge in [-0.3, -0.25) is 9.78 Å². The first-order valence-corrected chi connectivity index (χ1v) is 7.99. The van der Waals surface area contributed by atoms with Crippen molar-refractivity contribution in [2.24, 2.45) is 0 Å². The number of ketones is 1. The normalized spacial score (nSPS) is 14.7. The number of carbonyl (C=O) groups is 1. The molecule has 1 aromatic carbocycles. The number of methoxy groups -OCH3 is 1. The molecule has 23 heavy (non-hydrogen) atoms. The van der Waals surface area contributed by atoms with E-state index in [1.807, 2.05) is 24.3 Å². The summed E-state index contributed by atoms with van der Waals surface area (Å²) in [6.07, 6.45) is 6.64. The van der Waals surface area contributed by atoms with Gasteiger partial charge in [0.1, 0.15) is 5.69 Å². The maximum atomic E-state index is 11.3. The SMILES string of the molecule is COc1ccc(-c2ccc(C(C)=O)nc2)cc1OC1CCCC1. The van der Waals surface area contributed by atoms with Gasteiger partial charge < -0.3 is 9.47 Å². The lowest BCUT2D eigenvalue weighted by Crippen LogP contribution is -2.11. The number of pyridine rings is 1. The first kappa shape index (κ1) is 15.5. The standard InChI is InChI=1S/C19H21NO3/c1-13(21)17-9-7-15(12-20-17)14-8-10-18(22-2)19(11-14)23-16-5-3-4-6-16/h7-12,16H,3-6H2,1-2H3. The third-order valence-electron chi connectivity index (χ3n) is 4.22. The Morgan fingerprint density at radius 3 is 2.43 bits per heavy atom. The molecule has 3 rings (SSSR count). The topological polar surface area (TPSA) is 48.4 Å². The number of Topliss-reactive ketones (excluding diaryl/α,β-unsaturated/α-hetero) is 1. The van der Waals surface area contributed by atoms with Crippen LogP contribution in [0.4, 0.5) is 0 Å². The highest BCUT2D eigenvalue weighted by atomic mass is 16.5. The minimum Gasteiger partial charge on any atom is -0.493 e. The second kappa shape index (κ2) is 6.82. The molecule has 1 aliphatic rings.